The molecule has 4 aromatic rings. The normalized spacial score (nSPS) is 10.9. The van der Waals surface area contributed by atoms with E-state index in [1.165, 1.54) is 7.11 Å². The van der Waals surface area contributed by atoms with Crippen LogP contribution in [-0.2, 0) is 27.2 Å². The monoisotopic (exact) mass is 491 g/mol. The van der Waals surface area contributed by atoms with Crippen LogP contribution in [0.15, 0.2) is 48.0 Å². The van der Waals surface area contributed by atoms with Crippen molar-refractivity contribution in [1.29, 1.82) is 0 Å². The Morgan fingerprint density at radius 2 is 1.91 bits per heavy atom. The van der Waals surface area contributed by atoms with Gasteiger partial charge in [0.25, 0.3) is 11.7 Å². The van der Waals surface area contributed by atoms with Gasteiger partial charge in [0.1, 0.15) is 5.52 Å². The van der Waals surface area contributed by atoms with Gasteiger partial charge in [0.15, 0.2) is 6.61 Å². The van der Waals surface area contributed by atoms with Gasteiger partial charge in [-0.25, -0.2) is 9.78 Å². The maximum atomic E-state index is 13.0. The number of hydrogen-bond acceptors (Lipinski definition) is 7. The van der Waals surface area contributed by atoms with Crippen molar-refractivity contribution in [2.45, 2.75) is 26.7 Å². The number of esters is 1. The summed E-state index contributed by atoms with van der Waals surface area (Å²) < 4.78 is 12.2. The highest BCUT2D eigenvalue weighted by molar-refractivity contribution is 7.13. The Labute approximate surface area is 206 Å². The second-order valence-electron chi connectivity index (χ2n) is 7.93. The first-order valence-corrected chi connectivity index (χ1v) is 11.9. The third-order valence-electron chi connectivity index (χ3n) is 5.74. The lowest BCUT2D eigenvalue weighted by atomic mass is 9.96. The van der Waals surface area contributed by atoms with Gasteiger partial charge in [-0.1, -0.05) is 37.3 Å². The molecule has 0 atom stereocenters. The summed E-state index contributed by atoms with van der Waals surface area (Å²) >= 11 is 1.65. The van der Waals surface area contributed by atoms with Crippen LogP contribution in [0.2, 0.25) is 0 Å². The lowest BCUT2D eigenvalue weighted by Crippen LogP contribution is -2.24. The molecule has 3 aromatic heterocycles. The quantitative estimate of drug-likeness (QED) is 0.217. The van der Waals surface area contributed by atoms with Gasteiger partial charge in [-0.05, 0) is 41.5 Å². The predicted octanol–water partition coefficient (Wildman–Crippen LogP) is 3.74. The number of carbonyl (C=O) groups excluding carboxylic acids is 3. The highest BCUT2D eigenvalue weighted by Gasteiger charge is 2.29. The zero-order valence-corrected chi connectivity index (χ0v) is 20.5. The molecule has 3 heterocycles. The number of fused-ring (bicyclic) bond motifs is 1. The number of amides is 1. The van der Waals surface area contributed by atoms with Crippen molar-refractivity contribution in [3.8, 4) is 16.3 Å². The van der Waals surface area contributed by atoms with Gasteiger partial charge in [-0.15, -0.1) is 11.3 Å². The number of rotatable bonds is 9. The zero-order valence-electron chi connectivity index (χ0n) is 19.7. The summed E-state index contributed by atoms with van der Waals surface area (Å²) in [6.07, 6.45) is 2.76. The molecule has 0 fully saturated rings. The summed E-state index contributed by atoms with van der Waals surface area (Å²) in [5.74, 6) is -2.43. The van der Waals surface area contributed by atoms with Crippen molar-refractivity contribution < 1.29 is 23.9 Å². The summed E-state index contributed by atoms with van der Waals surface area (Å²) in [7, 11) is 1.25. The Morgan fingerprint density at radius 1 is 1.14 bits per heavy atom. The first-order valence-electron chi connectivity index (χ1n) is 11.0. The van der Waals surface area contributed by atoms with Crippen molar-refractivity contribution in [1.82, 2.24) is 9.38 Å². The maximum Gasteiger partial charge on any atom is 0.343 e. The summed E-state index contributed by atoms with van der Waals surface area (Å²) in [5, 5.41) is 2.03. The number of ether oxygens (including phenoxy) is 2. The molecule has 0 radical (unpaired) electrons. The van der Waals surface area contributed by atoms with E-state index in [4.69, 9.17) is 10.5 Å². The molecule has 35 heavy (non-hydrogen) atoms. The molecule has 0 unspecified atom stereocenters. The van der Waals surface area contributed by atoms with Crippen LogP contribution in [0.25, 0.3) is 16.0 Å². The van der Waals surface area contributed by atoms with Crippen molar-refractivity contribution in [3.63, 3.8) is 0 Å². The van der Waals surface area contributed by atoms with Crippen molar-refractivity contribution in [3.05, 3.63) is 76.1 Å². The number of ketones is 1. The highest BCUT2D eigenvalue weighted by Crippen LogP contribution is 2.35. The predicted molar refractivity (Wildman–Crippen MR) is 133 cm³/mol. The molecule has 2 N–H and O–H groups in total. The standard InChI is InChI=1S/C26H25N3O5S/c1-4-17-19(12-16-8-5-6-9-18(16)20-10-7-11-35-20)29-13-15(2)28-26(34-14-21(30)33-3)23(29)22(17)24(31)25(27)32/h5-11,13H,4,12,14H2,1-3H3,(H2,27,32). The first-order chi connectivity index (χ1) is 16.8. The molecule has 8 nitrogen and oxygen atoms in total. The Hall–Kier alpha value is -3.98. The van der Waals surface area contributed by atoms with E-state index in [2.05, 4.69) is 21.9 Å². The third kappa shape index (κ3) is 4.67. The molecular weight excluding hydrogens is 466 g/mol. The summed E-state index contributed by atoms with van der Waals surface area (Å²) in [5.41, 5.74) is 10.2. The van der Waals surface area contributed by atoms with Crippen LogP contribution in [0.3, 0.4) is 0 Å². The number of benzene rings is 1. The molecule has 1 aromatic carbocycles. The number of nitrogens with two attached hydrogens (primary N) is 1. The van der Waals surface area contributed by atoms with E-state index < -0.39 is 24.3 Å². The van der Waals surface area contributed by atoms with Crippen LogP contribution >= 0.6 is 11.3 Å². The number of aryl methyl sites for hydroxylation is 1. The number of carbonyl (C=O) groups is 3. The number of hydrogen-bond donors (Lipinski definition) is 1. The molecule has 0 spiro atoms. The Morgan fingerprint density at radius 3 is 2.57 bits per heavy atom. The molecule has 0 aliphatic rings. The van der Waals surface area contributed by atoms with E-state index in [-0.39, 0.29) is 11.4 Å². The molecule has 0 aliphatic carbocycles. The largest absolute Gasteiger partial charge is 0.466 e. The first kappa shape index (κ1) is 24.2. The molecule has 180 valence electrons. The molecule has 1 amide bonds. The van der Waals surface area contributed by atoms with Crippen molar-refractivity contribution in [2.75, 3.05) is 13.7 Å². The zero-order chi connectivity index (χ0) is 25.1. The van der Waals surface area contributed by atoms with Crippen LogP contribution in [0, 0.1) is 6.92 Å². The van der Waals surface area contributed by atoms with Crippen LogP contribution in [0.4, 0.5) is 0 Å². The Balaban J connectivity index is 1.96. The van der Waals surface area contributed by atoms with E-state index in [9.17, 15) is 14.4 Å². The van der Waals surface area contributed by atoms with E-state index in [1.54, 1.807) is 24.5 Å². The van der Waals surface area contributed by atoms with Crippen LogP contribution in [0.5, 0.6) is 5.88 Å². The van der Waals surface area contributed by atoms with Gasteiger partial charge in [-0.2, -0.15) is 0 Å². The molecular formula is C26H25N3O5S. The number of methoxy groups -OCH3 is 1. The van der Waals surface area contributed by atoms with Crippen LogP contribution in [-0.4, -0.2) is 40.8 Å². The second kappa shape index (κ2) is 10.1. The fourth-order valence-electron chi connectivity index (χ4n) is 4.22. The summed E-state index contributed by atoms with van der Waals surface area (Å²) in [4.78, 5) is 42.3. The Bertz CT molecular complexity index is 1420. The summed E-state index contributed by atoms with van der Waals surface area (Å²) in [6.45, 7) is 3.31. The minimum atomic E-state index is -1.07. The van der Waals surface area contributed by atoms with Gasteiger partial charge >= 0.3 is 5.97 Å². The van der Waals surface area contributed by atoms with Gasteiger partial charge in [-0.3, -0.25) is 9.59 Å². The lowest BCUT2D eigenvalue weighted by Gasteiger charge is -2.12. The minimum absolute atomic E-state index is 0.0625. The number of Topliss-reactive ketones (excluding diaryl/α,β-unsaturated/α-hetero) is 1. The maximum absolute atomic E-state index is 13.0. The van der Waals surface area contributed by atoms with Gasteiger partial charge < -0.3 is 19.6 Å². The van der Waals surface area contributed by atoms with E-state index >= 15 is 0 Å². The Kier molecular flexibility index (Phi) is 6.97. The topological polar surface area (TPSA) is 113 Å². The molecule has 0 aliphatic heterocycles. The molecule has 9 heteroatoms. The molecule has 0 saturated heterocycles. The number of nitrogens with zero attached hydrogens (tertiary/aromatic N) is 2. The highest BCUT2D eigenvalue weighted by atomic mass is 32.1. The van der Waals surface area contributed by atoms with Gasteiger partial charge in [0, 0.05) is 23.2 Å². The third-order valence-corrected chi connectivity index (χ3v) is 6.64. The van der Waals surface area contributed by atoms with Crippen LogP contribution in [0.1, 0.15) is 39.8 Å². The van der Waals surface area contributed by atoms with E-state index in [0.717, 1.165) is 21.7 Å². The summed E-state index contributed by atoms with van der Waals surface area (Å²) in [6, 6.07) is 12.1. The molecule has 0 saturated carbocycles. The minimum Gasteiger partial charge on any atom is -0.466 e. The van der Waals surface area contributed by atoms with E-state index in [0.29, 0.717) is 29.6 Å². The number of primary amides is 1. The second-order valence-corrected chi connectivity index (χ2v) is 8.88. The van der Waals surface area contributed by atoms with Crippen molar-refractivity contribution >= 4 is 34.5 Å². The smallest absolute Gasteiger partial charge is 0.343 e. The average Bonchev–Trinajstić information content (AvgIpc) is 3.49. The SMILES string of the molecule is CCc1c(C(=O)C(N)=O)c2c(OCC(=O)OC)nc(C)cn2c1Cc1ccccc1-c1cccs1. The number of thiophene rings is 1. The lowest BCUT2D eigenvalue weighted by molar-refractivity contribution is -0.143. The van der Waals surface area contributed by atoms with E-state index in [1.807, 2.05) is 41.0 Å². The fraction of sp³-hybridized carbons (Fsp3) is 0.231. The average molecular weight is 492 g/mol. The number of aromatic nitrogens is 2. The molecule has 0 bridgehead atoms. The van der Waals surface area contributed by atoms with Crippen molar-refractivity contribution in [2.24, 2.45) is 5.73 Å². The van der Waals surface area contributed by atoms with Crippen LogP contribution < -0.4 is 10.5 Å². The molecule has 4 rings (SSSR count). The van der Waals surface area contributed by atoms with Gasteiger partial charge in [0.2, 0.25) is 5.88 Å². The van der Waals surface area contributed by atoms with Gasteiger partial charge in [0.05, 0.1) is 18.4 Å². The fourth-order valence-corrected chi connectivity index (χ4v) is 5.01.